The summed E-state index contributed by atoms with van der Waals surface area (Å²) in [6, 6.07) is 3.45. The molecule has 2 amide bonds. The lowest BCUT2D eigenvalue weighted by molar-refractivity contribution is -0.114. The van der Waals surface area contributed by atoms with E-state index in [4.69, 9.17) is 9.84 Å². The second-order valence-corrected chi connectivity index (χ2v) is 6.52. The average Bonchev–Trinajstić information content (AvgIpc) is 2.64. The quantitative estimate of drug-likeness (QED) is 0.714. The first-order valence-corrected chi connectivity index (χ1v) is 8.88. The molecule has 1 aliphatic heterocycles. The van der Waals surface area contributed by atoms with E-state index in [0.717, 1.165) is 11.3 Å². The molecule has 10 nitrogen and oxygen atoms in total. The van der Waals surface area contributed by atoms with E-state index in [0.29, 0.717) is 43.4 Å². The maximum Gasteiger partial charge on any atom is 0.407 e. The molecule has 2 aromatic rings. The summed E-state index contributed by atoms with van der Waals surface area (Å²) in [6.07, 6.45) is 3.27. The van der Waals surface area contributed by atoms with Crippen molar-refractivity contribution in [3.63, 3.8) is 0 Å². The number of amides is 2. The summed E-state index contributed by atoms with van der Waals surface area (Å²) in [5, 5.41) is 14.8. The van der Waals surface area contributed by atoms with Crippen molar-refractivity contribution in [3.05, 3.63) is 30.2 Å². The molecule has 3 N–H and O–H groups in total. The van der Waals surface area contributed by atoms with Gasteiger partial charge in [0.25, 0.3) is 0 Å². The molecule has 0 radical (unpaired) electrons. The number of carbonyl (C=O) groups excluding carboxylic acids is 1. The first kappa shape index (κ1) is 19.3. The number of rotatable bonds is 5. The number of likely N-dealkylation sites (tertiary alicyclic amines) is 1. The average molecular weight is 386 g/mol. The Morgan fingerprint density at radius 1 is 1.18 bits per heavy atom. The van der Waals surface area contributed by atoms with Crippen molar-refractivity contribution in [1.82, 2.24) is 19.9 Å². The Labute approximate surface area is 162 Å². The van der Waals surface area contributed by atoms with E-state index in [2.05, 4.69) is 25.6 Å². The maximum absolute atomic E-state index is 11.1. The SMILES string of the molecule is CC(=O)Nc1cc(C)c(Nc2cc(OC3CCN(C(=O)O)CC3)ncn2)cn1. The van der Waals surface area contributed by atoms with Gasteiger partial charge in [0.05, 0.1) is 11.9 Å². The van der Waals surface area contributed by atoms with Gasteiger partial charge in [0.2, 0.25) is 11.8 Å². The van der Waals surface area contributed by atoms with Crippen molar-refractivity contribution in [3.8, 4) is 5.88 Å². The van der Waals surface area contributed by atoms with E-state index in [-0.39, 0.29) is 12.0 Å². The van der Waals surface area contributed by atoms with Crippen LogP contribution in [0, 0.1) is 6.92 Å². The summed E-state index contributed by atoms with van der Waals surface area (Å²) >= 11 is 0. The molecule has 0 aromatic carbocycles. The van der Waals surface area contributed by atoms with Crippen molar-refractivity contribution in [2.24, 2.45) is 0 Å². The molecule has 148 valence electrons. The van der Waals surface area contributed by atoms with Crippen LogP contribution in [0.1, 0.15) is 25.3 Å². The highest BCUT2D eigenvalue weighted by Crippen LogP contribution is 2.23. The fourth-order valence-corrected chi connectivity index (χ4v) is 2.88. The van der Waals surface area contributed by atoms with Crippen LogP contribution < -0.4 is 15.4 Å². The highest BCUT2D eigenvalue weighted by Gasteiger charge is 2.23. The Kier molecular flexibility index (Phi) is 5.87. The van der Waals surface area contributed by atoms with Gasteiger partial charge in [0.1, 0.15) is 24.1 Å². The van der Waals surface area contributed by atoms with Crippen LogP contribution >= 0.6 is 0 Å². The van der Waals surface area contributed by atoms with E-state index in [1.165, 1.54) is 18.2 Å². The van der Waals surface area contributed by atoms with E-state index >= 15 is 0 Å². The largest absolute Gasteiger partial charge is 0.474 e. The molecule has 0 unspecified atom stereocenters. The molecule has 1 fully saturated rings. The number of carboxylic acid groups (broad SMARTS) is 1. The number of nitrogens with one attached hydrogen (secondary N) is 2. The van der Waals surface area contributed by atoms with Crippen LogP contribution in [0.4, 0.5) is 22.1 Å². The number of hydrogen-bond donors (Lipinski definition) is 3. The zero-order chi connectivity index (χ0) is 20.1. The Balaban J connectivity index is 1.62. The van der Waals surface area contributed by atoms with Crippen molar-refractivity contribution in [2.75, 3.05) is 23.7 Å². The summed E-state index contributed by atoms with van der Waals surface area (Å²) in [6.45, 7) is 4.21. The normalized spacial score (nSPS) is 14.4. The number of piperidine rings is 1. The Morgan fingerprint density at radius 3 is 2.57 bits per heavy atom. The number of anilines is 3. The van der Waals surface area contributed by atoms with Crippen molar-refractivity contribution >= 4 is 29.3 Å². The second kappa shape index (κ2) is 8.51. The summed E-state index contributed by atoms with van der Waals surface area (Å²) in [4.78, 5) is 36.0. The highest BCUT2D eigenvalue weighted by atomic mass is 16.5. The Morgan fingerprint density at radius 2 is 1.93 bits per heavy atom. The van der Waals surface area contributed by atoms with Crippen LogP contribution in [0.3, 0.4) is 0 Å². The minimum absolute atomic E-state index is 0.0845. The summed E-state index contributed by atoms with van der Waals surface area (Å²) < 4.78 is 5.88. The summed E-state index contributed by atoms with van der Waals surface area (Å²) in [5.74, 6) is 1.27. The molecule has 10 heteroatoms. The number of carbonyl (C=O) groups is 2. The van der Waals surface area contributed by atoms with Crippen LogP contribution in [0.2, 0.25) is 0 Å². The van der Waals surface area contributed by atoms with Crippen LogP contribution in [-0.2, 0) is 4.79 Å². The molecule has 0 spiro atoms. The lowest BCUT2D eigenvalue weighted by atomic mass is 10.1. The molecule has 1 aliphatic rings. The van der Waals surface area contributed by atoms with Gasteiger partial charge >= 0.3 is 6.09 Å². The minimum Gasteiger partial charge on any atom is -0.474 e. The second-order valence-electron chi connectivity index (χ2n) is 6.52. The number of hydrogen-bond acceptors (Lipinski definition) is 7. The van der Waals surface area contributed by atoms with Gasteiger partial charge in [-0.15, -0.1) is 0 Å². The standard InChI is InChI=1S/C18H22N6O4/c1-11-7-15(22-12(2)25)19-9-14(11)23-16-8-17(21-10-20-16)28-13-3-5-24(6-4-13)18(26)27/h7-10,13H,3-6H2,1-2H3,(H,26,27)(H,19,22,25)(H,20,21,23). The lowest BCUT2D eigenvalue weighted by Gasteiger charge is -2.29. The van der Waals surface area contributed by atoms with Crippen molar-refractivity contribution in [1.29, 1.82) is 0 Å². The topological polar surface area (TPSA) is 130 Å². The molecule has 2 aromatic heterocycles. The number of aromatic nitrogens is 3. The fraction of sp³-hybridized carbons (Fsp3) is 0.389. The number of pyridine rings is 1. The van der Waals surface area contributed by atoms with Gasteiger partial charge in [0, 0.05) is 38.9 Å². The number of aryl methyl sites for hydroxylation is 1. The Bertz CT molecular complexity index is 867. The van der Waals surface area contributed by atoms with E-state index in [1.54, 1.807) is 18.3 Å². The van der Waals surface area contributed by atoms with Gasteiger partial charge in [-0.3, -0.25) is 4.79 Å². The molecule has 0 atom stereocenters. The minimum atomic E-state index is -0.902. The zero-order valence-corrected chi connectivity index (χ0v) is 15.7. The molecule has 0 aliphatic carbocycles. The van der Waals surface area contributed by atoms with Gasteiger partial charge in [-0.1, -0.05) is 0 Å². The van der Waals surface area contributed by atoms with Gasteiger partial charge in [-0.25, -0.2) is 19.7 Å². The van der Waals surface area contributed by atoms with Gasteiger partial charge in [-0.05, 0) is 18.6 Å². The van der Waals surface area contributed by atoms with Crippen LogP contribution in [-0.4, -0.2) is 56.2 Å². The smallest absolute Gasteiger partial charge is 0.407 e. The first-order valence-electron chi connectivity index (χ1n) is 8.88. The number of ether oxygens (including phenoxy) is 1. The highest BCUT2D eigenvalue weighted by molar-refractivity contribution is 5.87. The summed E-state index contributed by atoms with van der Waals surface area (Å²) in [5.41, 5.74) is 1.63. The monoisotopic (exact) mass is 386 g/mol. The lowest BCUT2D eigenvalue weighted by Crippen LogP contribution is -2.41. The van der Waals surface area contributed by atoms with Gasteiger partial charge in [0.15, 0.2) is 0 Å². The fourth-order valence-electron chi connectivity index (χ4n) is 2.88. The predicted octanol–water partition coefficient (Wildman–Crippen LogP) is 2.40. The molecule has 0 bridgehead atoms. The zero-order valence-electron chi connectivity index (χ0n) is 15.7. The van der Waals surface area contributed by atoms with Crippen molar-refractivity contribution < 1.29 is 19.4 Å². The first-order chi connectivity index (χ1) is 13.4. The molecular formula is C18H22N6O4. The van der Waals surface area contributed by atoms with Crippen LogP contribution in [0.25, 0.3) is 0 Å². The molecule has 3 rings (SSSR count). The molecule has 1 saturated heterocycles. The van der Waals surface area contributed by atoms with Crippen molar-refractivity contribution in [2.45, 2.75) is 32.8 Å². The van der Waals surface area contributed by atoms with E-state index < -0.39 is 6.09 Å². The number of nitrogens with zero attached hydrogens (tertiary/aromatic N) is 4. The maximum atomic E-state index is 11.1. The summed E-state index contributed by atoms with van der Waals surface area (Å²) in [7, 11) is 0. The van der Waals surface area contributed by atoms with Crippen LogP contribution in [0.15, 0.2) is 24.7 Å². The molecule has 28 heavy (non-hydrogen) atoms. The van der Waals surface area contributed by atoms with E-state index in [9.17, 15) is 9.59 Å². The third-order valence-electron chi connectivity index (χ3n) is 4.32. The van der Waals surface area contributed by atoms with E-state index in [1.807, 2.05) is 6.92 Å². The Hall–Kier alpha value is -3.43. The third kappa shape index (κ3) is 5.06. The molecular weight excluding hydrogens is 364 g/mol. The molecule has 0 saturated carbocycles. The van der Waals surface area contributed by atoms with Gasteiger partial charge < -0.3 is 25.4 Å². The molecule has 3 heterocycles. The third-order valence-corrected chi connectivity index (χ3v) is 4.32. The van der Waals surface area contributed by atoms with Crippen LogP contribution in [0.5, 0.6) is 5.88 Å². The predicted molar refractivity (Wildman–Crippen MR) is 102 cm³/mol. The van der Waals surface area contributed by atoms with Gasteiger partial charge in [-0.2, -0.15) is 0 Å².